The lowest BCUT2D eigenvalue weighted by Crippen LogP contribution is -2.19. The smallest absolute Gasteiger partial charge is 0.128 e. The van der Waals surface area contributed by atoms with Gasteiger partial charge in [-0.15, -0.1) is 0 Å². The summed E-state index contributed by atoms with van der Waals surface area (Å²) in [5.41, 5.74) is 1.04. The van der Waals surface area contributed by atoms with Gasteiger partial charge >= 0.3 is 0 Å². The first-order chi connectivity index (χ1) is 8.22. The molecule has 0 bridgehead atoms. The van der Waals surface area contributed by atoms with Crippen LogP contribution >= 0.6 is 0 Å². The highest BCUT2D eigenvalue weighted by atomic mass is 16.4. The molecule has 0 heterocycles. The van der Waals surface area contributed by atoms with Crippen molar-refractivity contribution < 1.29 is 15.4 Å². The highest BCUT2D eigenvalue weighted by molar-refractivity contribution is 6.04. The van der Waals surface area contributed by atoms with Gasteiger partial charge in [-0.1, -0.05) is 24.4 Å². The standard InChI is InChI=1S/C13H17NO3/c15-10-6-7-11(12(16)8-10)13(14-17)9-4-2-1-3-5-9/h6-9,15-17H,1-5H2/b14-13+. The molecule has 4 heteroatoms. The molecule has 0 saturated heterocycles. The fourth-order valence-corrected chi connectivity index (χ4v) is 2.47. The van der Waals surface area contributed by atoms with Crippen molar-refractivity contribution >= 4 is 5.71 Å². The molecule has 92 valence electrons. The molecule has 0 unspecified atom stereocenters. The number of phenolic OH excluding ortho intramolecular Hbond substituents is 2. The van der Waals surface area contributed by atoms with Crippen LogP contribution in [0.25, 0.3) is 0 Å². The number of hydrogen-bond acceptors (Lipinski definition) is 4. The Bertz CT molecular complexity index is 423. The predicted octanol–water partition coefficient (Wildman–Crippen LogP) is 2.86. The van der Waals surface area contributed by atoms with Gasteiger partial charge in [0, 0.05) is 17.5 Å². The summed E-state index contributed by atoms with van der Waals surface area (Å²) in [6.07, 6.45) is 5.45. The summed E-state index contributed by atoms with van der Waals surface area (Å²) in [5.74, 6) is 0.166. The molecule has 4 nitrogen and oxygen atoms in total. The highest BCUT2D eigenvalue weighted by Gasteiger charge is 2.23. The minimum absolute atomic E-state index is 0.00665. The molecule has 17 heavy (non-hydrogen) atoms. The fourth-order valence-electron chi connectivity index (χ4n) is 2.47. The van der Waals surface area contributed by atoms with Crippen LogP contribution in [0.1, 0.15) is 37.7 Å². The third-order valence-electron chi connectivity index (χ3n) is 3.36. The van der Waals surface area contributed by atoms with Crippen LogP contribution in [-0.4, -0.2) is 21.1 Å². The summed E-state index contributed by atoms with van der Waals surface area (Å²) in [6.45, 7) is 0. The Labute approximate surface area is 100 Å². The molecule has 1 aliphatic carbocycles. The lowest BCUT2D eigenvalue weighted by atomic mass is 9.83. The van der Waals surface area contributed by atoms with Crippen LogP contribution < -0.4 is 0 Å². The molecule has 0 atom stereocenters. The SMILES string of the molecule is O/N=C(/c1ccc(O)cc1O)C1CCCCC1. The van der Waals surface area contributed by atoms with Gasteiger partial charge in [-0.2, -0.15) is 0 Å². The maximum Gasteiger partial charge on any atom is 0.128 e. The second kappa shape index (κ2) is 5.08. The zero-order valence-electron chi connectivity index (χ0n) is 9.63. The number of hydrogen-bond donors (Lipinski definition) is 3. The van der Waals surface area contributed by atoms with Gasteiger partial charge in [0.1, 0.15) is 11.5 Å². The molecular formula is C13H17NO3. The molecule has 2 rings (SSSR count). The van der Waals surface area contributed by atoms with Gasteiger partial charge in [-0.05, 0) is 25.0 Å². The summed E-state index contributed by atoms with van der Waals surface area (Å²) < 4.78 is 0. The molecule has 0 amide bonds. The monoisotopic (exact) mass is 235 g/mol. The molecule has 0 aliphatic heterocycles. The molecule has 0 spiro atoms. The van der Waals surface area contributed by atoms with E-state index in [1.807, 2.05) is 0 Å². The van der Waals surface area contributed by atoms with Gasteiger partial charge in [0.2, 0.25) is 0 Å². The molecule has 0 radical (unpaired) electrons. The minimum atomic E-state index is -0.0385. The Kier molecular flexibility index (Phi) is 3.52. The minimum Gasteiger partial charge on any atom is -0.508 e. The summed E-state index contributed by atoms with van der Waals surface area (Å²) >= 11 is 0. The topological polar surface area (TPSA) is 73.1 Å². The molecule has 1 saturated carbocycles. The quantitative estimate of drug-likeness (QED) is 0.419. The Balaban J connectivity index is 2.28. The van der Waals surface area contributed by atoms with Crippen molar-refractivity contribution in [3.63, 3.8) is 0 Å². The van der Waals surface area contributed by atoms with Crippen LogP contribution in [0, 0.1) is 5.92 Å². The van der Waals surface area contributed by atoms with E-state index in [1.54, 1.807) is 6.07 Å². The molecule has 1 fully saturated rings. The van der Waals surface area contributed by atoms with Gasteiger partial charge < -0.3 is 15.4 Å². The summed E-state index contributed by atoms with van der Waals surface area (Å²) in [5, 5.41) is 31.5. The Morgan fingerprint density at radius 2 is 1.82 bits per heavy atom. The van der Waals surface area contributed by atoms with Gasteiger partial charge in [-0.25, -0.2) is 0 Å². The third-order valence-corrected chi connectivity index (χ3v) is 3.36. The van der Waals surface area contributed by atoms with Crippen molar-refractivity contribution in [2.24, 2.45) is 11.1 Å². The van der Waals surface area contributed by atoms with Crippen LogP contribution in [0.15, 0.2) is 23.4 Å². The average molecular weight is 235 g/mol. The normalized spacial score (nSPS) is 18.2. The van der Waals surface area contributed by atoms with Crippen molar-refractivity contribution in [1.82, 2.24) is 0 Å². The maximum atomic E-state index is 9.77. The van der Waals surface area contributed by atoms with E-state index in [9.17, 15) is 10.2 Å². The molecule has 3 N–H and O–H groups in total. The van der Waals surface area contributed by atoms with Gasteiger partial charge in [0.15, 0.2) is 0 Å². The van der Waals surface area contributed by atoms with E-state index >= 15 is 0 Å². The molecule has 0 aromatic heterocycles. The zero-order chi connectivity index (χ0) is 12.3. The zero-order valence-corrected chi connectivity index (χ0v) is 9.63. The lowest BCUT2D eigenvalue weighted by Gasteiger charge is -2.22. The molecule has 1 aromatic rings. The number of oxime groups is 1. The van der Waals surface area contributed by atoms with E-state index in [-0.39, 0.29) is 17.4 Å². The van der Waals surface area contributed by atoms with Gasteiger partial charge in [-0.3, -0.25) is 0 Å². The van der Waals surface area contributed by atoms with E-state index in [4.69, 9.17) is 5.21 Å². The first-order valence-corrected chi connectivity index (χ1v) is 5.96. The summed E-state index contributed by atoms with van der Waals surface area (Å²) in [4.78, 5) is 0. The van der Waals surface area contributed by atoms with Gasteiger partial charge in [0.25, 0.3) is 0 Å². The second-order valence-corrected chi connectivity index (χ2v) is 4.52. The molecular weight excluding hydrogens is 218 g/mol. The fraction of sp³-hybridized carbons (Fsp3) is 0.462. The first-order valence-electron chi connectivity index (χ1n) is 5.96. The third kappa shape index (κ3) is 2.52. The van der Waals surface area contributed by atoms with E-state index < -0.39 is 0 Å². The number of rotatable bonds is 2. The molecule has 1 aromatic carbocycles. The number of nitrogens with zero attached hydrogens (tertiary/aromatic N) is 1. The number of phenols is 2. The Morgan fingerprint density at radius 3 is 2.41 bits per heavy atom. The number of benzene rings is 1. The van der Waals surface area contributed by atoms with E-state index in [1.165, 1.54) is 18.6 Å². The van der Waals surface area contributed by atoms with E-state index in [0.29, 0.717) is 11.3 Å². The van der Waals surface area contributed by atoms with Crippen LogP contribution in [0.2, 0.25) is 0 Å². The van der Waals surface area contributed by atoms with Crippen molar-refractivity contribution in [2.75, 3.05) is 0 Å². The highest BCUT2D eigenvalue weighted by Crippen LogP contribution is 2.31. The largest absolute Gasteiger partial charge is 0.508 e. The van der Waals surface area contributed by atoms with Crippen LogP contribution in [0.4, 0.5) is 0 Å². The maximum absolute atomic E-state index is 9.77. The first kappa shape index (κ1) is 11.8. The van der Waals surface area contributed by atoms with Crippen molar-refractivity contribution in [3.05, 3.63) is 23.8 Å². The van der Waals surface area contributed by atoms with Gasteiger partial charge in [0.05, 0.1) is 5.71 Å². The average Bonchev–Trinajstić information content (AvgIpc) is 2.34. The van der Waals surface area contributed by atoms with Crippen molar-refractivity contribution in [1.29, 1.82) is 0 Å². The van der Waals surface area contributed by atoms with E-state index in [2.05, 4.69) is 5.16 Å². The Hall–Kier alpha value is -1.71. The van der Waals surface area contributed by atoms with E-state index in [0.717, 1.165) is 25.7 Å². The van der Waals surface area contributed by atoms with Crippen LogP contribution in [0.3, 0.4) is 0 Å². The Morgan fingerprint density at radius 1 is 1.12 bits per heavy atom. The van der Waals surface area contributed by atoms with Crippen LogP contribution in [0.5, 0.6) is 11.5 Å². The summed E-state index contributed by atoms with van der Waals surface area (Å²) in [7, 11) is 0. The summed E-state index contributed by atoms with van der Waals surface area (Å²) in [6, 6.07) is 4.35. The number of aromatic hydroxyl groups is 2. The van der Waals surface area contributed by atoms with Crippen LogP contribution in [-0.2, 0) is 0 Å². The second-order valence-electron chi connectivity index (χ2n) is 4.52. The lowest BCUT2D eigenvalue weighted by molar-refractivity contribution is 0.310. The van der Waals surface area contributed by atoms with Crippen molar-refractivity contribution in [2.45, 2.75) is 32.1 Å². The van der Waals surface area contributed by atoms with Crippen molar-refractivity contribution in [3.8, 4) is 11.5 Å². The predicted molar refractivity (Wildman–Crippen MR) is 64.7 cm³/mol. The molecule has 1 aliphatic rings.